The Morgan fingerprint density at radius 2 is 1.67 bits per heavy atom. The molecule has 2 rings (SSSR count). The van der Waals surface area contributed by atoms with Crippen LogP contribution in [0.5, 0.6) is 5.75 Å². The highest BCUT2D eigenvalue weighted by Gasteiger charge is 2.29. The maximum absolute atomic E-state index is 13.1. The molecule has 0 unspecified atom stereocenters. The predicted molar refractivity (Wildman–Crippen MR) is 121 cm³/mol. The van der Waals surface area contributed by atoms with Crippen molar-refractivity contribution in [1.29, 1.82) is 0 Å². The molecule has 5 nitrogen and oxygen atoms in total. The zero-order valence-corrected chi connectivity index (χ0v) is 18.9. The lowest BCUT2D eigenvalue weighted by Gasteiger charge is -2.31. The number of halogens is 1. The Labute approximate surface area is 184 Å². The van der Waals surface area contributed by atoms with E-state index >= 15 is 0 Å². The van der Waals surface area contributed by atoms with Gasteiger partial charge in [-0.15, -0.1) is 0 Å². The maximum atomic E-state index is 13.1. The summed E-state index contributed by atoms with van der Waals surface area (Å²) >= 11 is 5.90. The summed E-state index contributed by atoms with van der Waals surface area (Å²) in [7, 11) is 0. The molecule has 0 fully saturated rings. The van der Waals surface area contributed by atoms with Gasteiger partial charge in [-0.05, 0) is 56.5 Å². The fourth-order valence-corrected chi connectivity index (χ4v) is 3.14. The summed E-state index contributed by atoms with van der Waals surface area (Å²) in [6, 6.07) is 14.3. The van der Waals surface area contributed by atoms with Crippen LogP contribution in [0.3, 0.4) is 0 Å². The molecule has 0 radical (unpaired) electrons. The first kappa shape index (κ1) is 23.7. The molecule has 2 aromatic rings. The molecular weight excluding hydrogens is 400 g/mol. The molecule has 2 amide bonds. The molecule has 0 heterocycles. The number of rotatable bonds is 10. The standard InChI is InChI=1S/C24H31ClN2O3/c1-5-18(4)26-24(29)22(6-2)27(15-19-9-7-17(3)8-10-19)23(28)16-30-21-13-11-20(25)12-14-21/h7-14,18,22H,5-6,15-16H2,1-4H3,(H,26,29)/t18-,22-/m0/s1. The summed E-state index contributed by atoms with van der Waals surface area (Å²) in [6.45, 7) is 8.09. The number of amides is 2. The van der Waals surface area contributed by atoms with Crippen molar-refractivity contribution in [3.8, 4) is 5.75 Å². The predicted octanol–water partition coefficient (Wildman–Crippen LogP) is 4.75. The van der Waals surface area contributed by atoms with Crippen molar-refractivity contribution in [3.63, 3.8) is 0 Å². The third-order valence-corrected chi connectivity index (χ3v) is 5.29. The van der Waals surface area contributed by atoms with Crippen molar-refractivity contribution in [2.45, 2.75) is 59.2 Å². The highest BCUT2D eigenvalue weighted by atomic mass is 35.5. The van der Waals surface area contributed by atoms with Crippen LogP contribution in [-0.4, -0.2) is 35.4 Å². The lowest BCUT2D eigenvalue weighted by atomic mass is 10.1. The molecule has 0 aliphatic heterocycles. The first-order valence-corrected chi connectivity index (χ1v) is 10.8. The second-order valence-electron chi connectivity index (χ2n) is 7.49. The number of nitrogens with one attached hydrogen (secondary N) is 1. The molecule has 0 aromatic heterocycles. The molecule has 0 aliphatic carbocycles. The molecule has 0 spiro atoms. The molecule has 2 aromatic carbocycles. The lowest BCUT2D eigenvalue weighted by Crippen LogP contribution is -2.51. The van der Waals surface area contributed by atoms with Crippen molar-refractivity contribution < 1.29 is 14.3 Å². The van der Waals surface area contributed by atoms with E-state index in [1.807, 2.05) is 52.0 Å². The highest BCUT2D eigenvalue weighted by molar-refractivity contribution is 6.30. The number of nitrogens with zero attached hydrogens (tertiary/aromatic N) is 1. The summed E-state index contributed by atoms with van der Waals surface area (Å²) in [5, 5.41) is 3.60. The van der Waals surface area contributed by atoms with Crippen molar-refractivity contribution >= 4 is 23.4 Å². The Bertz CT molecular complexity index is 821. The summed E-state index contributed by atoms with van der Waals surface area (Å²) in [5.41, 5.74) is 2.11. The van der Waals surface area contributed by atoms with Crippen LogP contribution in [0.2, 0.25) is 5.02 Å². The van der Waals surface area contributed by atoms with E-state index in [0.717, 1.165) is 17.5 Å². The molecule has 6 heteroatoms. The van der Waals surface area contributed by atoms with Gasteiger partial charge in [0.25, 0.3) is 5.91 Å². The third-order valence-electron chi connectivity index (χ3n) is 5.04. The molecule has 1 N–H and O–H groups in total. The average Bonchev–Trinajstić information content (AvgIpc) is 2.74. The van der Waals surface area contributed by atoms with Gasteiger partial charge in [-0.1, -0.05) is 55.3 Å². The minimum absolute atomic E-state index is 0.0493. The van der Waals surface area contributed by atoms with Crippen molar-refractivity contribution in [3.05, 3.63) is 64.7 Å². The van der Waals surface area contributed by atoms with E-state index in [-0.39, 0.29) is 24.5 Å². The van der Waals surface area contributed by atoms with Crippen molar-refractivity contribution in [2.75, 3.05) is 6.61 Å². The summed E-state index contributed by atoms with van der Waals surface area (Å²) in [4.78, 5) is 27.6. The van der Waals surface area contributed by atoms with Gasteiger partial charge in [-0.3, -0.25) is 9.59 Å². The second-order valence-corrected chi connectivity index (χ2v) is 7.93. The van der Waals surface area contributed by atoms with E-state index in [4.69, 9.17) is 16.3 Å². The van der Waals surface area contributed by atoms with Crippen LogP contribution in [0.25, 0.3) is 0 Å². The first-order valence-electron chi connectivity index (χ1n) is 10.4. The van der Waals surface area contributed by atoms with Crippen LogP contribution >= 0.6 is 11.6 Å². The SMILES string of the molecule is CC[C@H](C)NC(=O)[C@H](CC)N(Cc1ccc(C)cc1)C(=O)COc1ccc(Cl)cc1. The van der Waals surface area contributed by atoms with Crippen LogP contribution < -0.4 is 10.1 Å². The highest BCUT2D eigenvalue weighted by Crippen LogP contribution is 2.17. The zero-order valence-electron chi connectivity index (χ0n) is 18.2. The number of hydrogen-bond acceptors (Lipinski definition) is 3. The fraction of sp³-hybridized carbons (Fsp3) is 0.417. The number of hydrogen-bond donors (Lipinski definition) is 1. The van der Waals surface area contributed by atoms with E-state index in [0.29, 0.717) is 23.7 Å². The molecule has 2 atom stereocenters. The van der Waals surface area contributed by atoms with Crippen LogP contribution in [0, 0.1) is 6.92 Å². The van der Waals surface area contributed by atoms with E-state index in [9.17, 15) is 9.59 Å². The minimum Gasteiger partial charge on any atom is -0.484 e. The summed E-state index contributed by atoms with van der Waals surface area (Å²) in [6.07, 6.45) is 1.34. The molecular formula is C24H31ClN2O3. The minimum atomic E-state index is -0.568. The smallest absolute Gasteiger partial charge is 0.261 e. The van der Waals surface area contributed by atoms with Gasteiger partial charge in [0, 0.05) is 17.6 Å². The molecule has 162 valence electrons. The Balaban J connectivity index is 2.19. The van der Waals surface area contributed by atoms with Gasteiger partial charge in [0.2, 0.25) is 5.91 Å². The monoisotopic (exact) mass is 430 g/mol. The Morgan fingerprint density at radius 3 is 2.23 bits per heavy atom. The largest absolute Gasteiger partial charge is 0.484 e. The maximum Gasteiger partial charge on any atom is 0.261 e. The van der Waals surface area contributed by atoms with Gasteiger partial charge in [-0.2, -0.15) is 0 Å². The van der Waals surface area contributed by atoms with Gasteiger partial charge in [0.15, 0.2) is 6.61 Å². The molecule has 30 heavy (non-hydrogen) atoms. The van der Waals surface area contributed by atoms with E-state index < -0.39 is 6.04 Å². The quantitative estimate of drug-likeness (QED) is 0.591. The van der Waals surface area contributed by atoms with E-state index in [2.05, 4.69) is 5.32 Å². The number of aryl methyl sites for hydroxylation is 1. The van der Waals surface area contributed by atoms with Gasteiger partial charge < -0.3 is 15.0 Å². The van der Waals surface area contributed by atoms with E-state index in [1.165, 1.54) is 0 Å². The second kappa shape index (κ2) is 11.6. The first-order chi connectivity index (χ1) is 14.3. The molecule has 0 saturated carbocycles. The fourth-order valence-electron chi connectivity index (χ4n) is 3.01. The average molecular weight is 431 g/mol. The third kappa shape index (κ3) is 7.06. The zero-order chi connectivity index (χ0) is 22.1. The normalized spacial score (nSPS) is 12.7. The van der Waals surface area contributed by atoms with Crippen LogP contribution in [0.15, 0.2) is 48.5 Å². The van der Waals surface area contributed by atoms with Gasteiger partial charge in [-0.25, -0.2) is 0 Å². The van der Waals surface area contributed by atoms with Gasteiger partial charge in [0.1, 0.15) is 11.8 Å². The molecule has 0 bridgehead atoms. The van der Waals surface area contributed by atoms with Crippen LogP contribution in [-0.2, 0) is 16.1 Å². The van der Waals surface area contributed by atoms with Gasteiger partial charge >= 0.3 is 0 Å². The van der Waals surface area contributed by atoms with Crippen molar-refractivity contribution in [1.82, 2.24) is 10.2 Å². The Morgan fingerprint density at radius 1 is 1.03 bits per heavy atom. The Kier molecular flexibility index (Phi) is 9.18. The summed E-state index contributed by atoms with van der Waals surface area (Å²) in [5.74, 6) is 0.177. The van der Waals surface area contributed by atoms with Crippen LogP contribution in [0.4, 0.5) is 0 Å². The topological polar surface area (TPSA) is 58.6 Å². The van der Waals surface area contributed by atoms with Crippen molar-refractivity contribution in [2.24, 2.45) is 0 Å². The number of ether oxygens (including phenoxy) is 1. The van der Waals surface area contributed by atoms with Gasteiger partial charge in [0.05, 0.1) is 0 Å². The van der Waals surface area contributed by atoms with Crippen LogP contribution in [0.1, 0.15) is 44.7 Å². The lowest BCUT2D eigenvalue weighted by molar-refractivity contribution is -0.143. The number of carbonyl (C=O) groups is 2. The van der Waals surface area contributed by atoms with E-state index in [1.54, 1.807) is 29.2 Å². The number of carbonyl (C=O) groups excluding carboxylic acids is 2. The number of benzene rings is 2. The Hall–Kier alpha value is -2.53. The summed E-state index contributed by atoms with van der Waals surface area (Å²) < 4.78 is 5.66. The molecule has 0 aliphatic rings. The molecule has 0 saturated heterocycles.